The van der Waals surface area contributed by atoms with Gasteiger partial charge in [-0.1, -0.05) is 49.1 Å². The summed E-state index contributed by atoms with van der Waals surface area (Å²) < 4.78 is 26.2. The molecule has 1 saturated heterocycles. The highest BCUT2D eigenvalue weighted by Crippen LogP contribution is 2.42. The molecule has 0 aromatic heterocycles. The van der Waals surface area contributed by atoms with Crippen LogP contribution in [0.15, 0.2) is 54.0 Å². The van der Waals surface area contributed by atoms with Crippen LogP contribution in [0.2, 0.25) is 0 Å². The number of benzene rings is 1. The van der Waals surface area contributed by atoms with E-state index in [1.165, 1.54) is 0 Å². The predicted molar refractivity (Wildman–Crippen MR) is 71.1 cm³/mol. The van der Waals surface area contributed by atoms with Gasteiger partial charge in [-0.15, -0.1) is 0 Å². The molecule has 1 aromatic rings. The predicted octanol–water partition coefficient (Wildman–Crippen LogP) is 2.29. The molecule has 1 heterocycles. The Bertz CT molecular complexity index is 604. The SMILES string of the molecule is C=C1[C@@H]2C=CC[C@@H]2N(Cc2ccccc2)S1(=O)=O. The summed E-state index contributed by atoms with van der Waals surface area (Å²) in [5, 5.41) is 0. The van der Waals surface area contributed by atoms with E-state index in [-0.39, 0.29) is 12.0 Å². The van der Waals surface area contributed by atoms with Gasteiger partial charge in [0, 0.05) is 18.5 Å². The van der Waals surface area contributed by atoms with E-state index in [2.05, 4.69) is 6.58 Å². The monoisotopic (exact) mass is 261 g/mol. The minimum absolute atomic E-state index is 0.0290. The largest absolute Gasteiger partial charge is 0.239 e. The van der Waals surface area contributed by atoms with Crippen molar-refractivity contribution in [1.29, 1.82) is 0 Å². The van der Waals surface area contributed by atoms with Gasteiger partial charge in [-0.05, 0) is 12.0 Å². The summed E-state index contributed by atoms with van der Waals surface area (Å²) in [6.07, 6.45) is 4.80. The van der Waals surface area contributed by atoms with Crippen LogP contribution in [-0.2, 0) is 16.6 Å². The Kier molecular flexibility index (Phi) is 2.64. The number of sulfonamides is 1. The molecule has 94 valence electrons. The molecule has 2 atom stereocenters. The highest BCUT2D eigenvalue weighted by molar-refractivity contribution is 7.93. The zero-order valence-corrected chi connectivity index (χ0v) is 10.8. The number of hydrogen-bond donors (Lipinski definition) is 0. The minimum atomic E-state index is -3.34. The van der Waals surface area contributed by atoms with Crippen LogP contribution >= 0.6 is 0 Å². The summed E-state index contributed by atoms with van der Waals surface area (Å²) in [6, 6.07) is 9.72. The van der Waals surface area contributed by atoms with E-state index in [1.807, 2.05) is 42.5 Å². The number of fused-ring (bicyclic) bond motifs is 1. The normalized spacial score (nSPS) is 29.7. The quantitative estimate of drug-likeness (QED) is 0.766. The number of hydrogen-bond acceptors (Lipinski definition) is 2. The van der Waals surface area contributed by atoms with Crippen LogP contribution < -0.4 is 0 Å². The Morgan fingerprint density at radius 3 is 2.72 bits per heavy atom. The van der Waals surface area contributed by atoms with E-state index in [1.54, 1.807) is 4.31 Å². The molecule has 1 aliphatic carbocycles. The summed E-state index contributed by atoms with van der Waals surface area (Å²) >= 11 is 0. The van der Waals surface area contributed by atoms with Crippen LogP contribution in [0.1, 0.15) is 12.0 Å². The Labute approximate surface area is 107 Å². The summed E-state index contributed by atoms with van der Waals surface area (Å²) in [7, 11) is -3.34. The molecule has 3 rings (SSSR count). The lowest BCUT2D eigenvalue weighted by molar-refractivity contribution is 0.321. The third-order valence-corrected chi connectivity index (χ3v) is 5.65. The van der Waals surface area contributed by atoms with Gasteiger partial charge in [0.1, 0.15) is 0 Å². The van der Waals surface area contributed by atoms with Crippen molar-refractivity contribution in [2.75, 3.05) is 0 Å². The van der Waals surface area contributed by atoms with Gasteiger partial charge >= 0.3 is 0 Å². The van der Waals surface area contributed by atoms with Crippen LogP contribution in [-0.4, -0.2) is 18.8 Å². The first-order valence-corrected chi connectivity index (χ1v) is 7.46. The molecule has 4 heteroatoms. The van der Waals surface area contributed by atoms with Crippen LogP contribution in [0.25, 0.3) is 0 Å². The lowest BCUT2D eigenvalue weighted by atomic mass is 10.0. The second-order valence-corrected chi connectivity index (χ2v) is 6.70. The Hall–Kier alpha value is -1.39. The van der Waals surface area contributed by atoms with Gasteiger partial charge in [0.15, 0.2) is 0 Å². The van der Waals surface area contributed by atoms with Crippen molar-refractivity contribution < 1.29 is 8.42 Å². The molecular formula is C14H15NO2S. The van der Waals surface area contributed by atoms with E-state index in [0.29, 0.717) is 11.4 Å². The van der Waals surface area contributed by atoms with Crippen molar-refractivity contribution >= 4 is 10.0 Å². The third kappa shape index (κ3) is 1.64. The van der Waals surface area contributed by atoms with E-state index in [4.69, 9.17) is 0 Å². The van der Waals surface area contributed by atoms with Gasteiger partial charge in [-0.25, -0.2) is 8.42 Å². The van der Waals surface area contributed by atoms with Crippen LogP contribution in [0.4, 0.5) is 0 Å². The van der Waals surface area contributed by atoms with Crippen molar-refractivity contribution in [3.63, 3.8) is 0 Å². The van der Waals surface area contributed by atoms with Crippen LogP contribution in [0.5, 0.6) is 0 Å². The summed E-state index contributed by atoms with van der Waals surface area (Å²) in [6.45, 7) is 4.20. The maximum atomic E-state index is 12.3. The third-order valence-electron chi connectivity index (χ3n) is 3.70. The highest BCUT2D eigenvalue weighted by atomic mass is 32.2. The van der Waals surface area contributed by atoms with E-state index >= 15 is 0 Å². The second-order valence-electron chi connectivity index (χ2n) is 4.76. The molecule has 3 nitrogen and oxygen atoms in total. The zero-order valence-electron chi connectivity index (χ0n) is 9.99. The van der Waals surface area contributed by atoms with Gasteiger partial charge in [-0.2, -0.15) is 4.31 Å². The Balaban J connectivity index is 1.94. The smallest absolute Gasteiger partial charge is 0.207 e. The molecule has 1 fully saturated rings. The second kappa shape index (κ2) is 4.07. The van der Waals surface area contributed by atoms with Gasteiger partial charge in [0.25, 0.3) is 0 Å². The van der Waals surface area contributed by atoms with E-state index in [9.17, 15) is 8.42 Å². The highest BCUT2D eigenvalue weighted by Gasteiger charge is 2.48. The average molecular weight is 261 g/mol. The van der Waals surface area contributed by atoms with E-state index < -0.39 is 10.0 Å². The van der Waals surface area contributed by atoms with Gasteiger partial charge in [0.2, 0.25) is 10.0 Å². The van der Waals surface area contributed by atoms with Gasteiger partial charge in [-0.3, -0.25) is 0 Å². The van der Waals surface area contributed by atoms with Gasteiger partial charge < -0.3 is 0 Å². The lowest BCUT2D eigenvalue weighted by Gasteiger charge is -2.21. The lowest BCUT2D eigenvalue weighted by Crippen LogP contribution is -2.32. The first kappa shape index (κ1) is 11.7. The molecular weight excluding hydrogens is 246 g/mol. The molecule has 1 aromatic carbocycles. The number of nitrogens with zero attached hydrogens (tertiary/aromatic N) is 1. The molecule has 0 saturated carbocycles. The van der Waals surface area contributed by atoms with Gasteiger partial charge in [0.05, 0.1) is 4.91 Å². The maximum Gasteiger partial charge on any atom is 0.239 e. The minimum Gasteiger partial charge on any atom is -0.207 e. The zero-order chi connectivity index (χ0) is 12.8. The topological polar surface area (TPSA) is 37.4 Å². The first-order chi connectivity index (χ1) is 8.60. The summed E-state index contributed by atoms with van der Waals surface area (Å²) in [5.41, 5.74) is 1.02. The van der Waals surface area contributed by atoms with Crippen LogP contribution in [0.3, 0.4) is 0 Å². The van der Waals surface area contributed by atoms with Crippen molar-refractivity contribution in [2.45, 2.75) is 19.0 Å². The molecule has 0 N–H and O–H groups in total. The van der Waals surface area contributed by atoms with Crippen molar-refractivity contribution in [1.82, 2.24) is 4.31 Å². The maximum absolute atomic E-state index is 12.3. The Morgan fingerprint density at radius 2 is 2.00 bits per heavy atom. The molecule has 18 heavy (non-hydrogen) atoms. The fourth-order valence-corrected chi connectivity index (χ4v) is 4.50. The summed E-state index contributed by atoms with van der Waals surface area (Å²) in [5.74, 6) is -0.0290. The molecule has 0 bridgehead atoms. The molecule has 1 aliphatic heterocycles. The fourth-order valence-electron chi connectivity index (χ4n) is 2.72. The average Bonchev–Trinajstić information content (AvgIpc) is 2.89. The molecule has 2 aliphatic rings. The van der Waals surface area contributed by atoms with Crippen LogP contribution in [0, 0.1) is 5.92 Å². The number of rotatable bonds is 2. The molecule has 0 amide bonds. The Morgan fingerprint density at radius 1 is 1.28 bits per heavy atom. The molecule has 0 unspecified atom stereocenters. The summed E-state index contributed by atoms with van der Waals surface area (Å²) in [4.78, 5) is 0.345. The molecule has 0 spiro atoms. The van der Waals surface area contributed by atoms with Crippen molar-refractivity contribution in [2.24, 2.45) is 5.92 Å². The first-order valence-electron chi connectivity index (χ1n) is 6.02. The molecule has 0 radical (unpaired) electrons. The standard InChI is InChI=1S/C14H15NO2S/c1-11-13-8-5-9-14(13)15(18(11,16)17)10-12-6-3-2-4-7-12/h2-8,13-14H,1,9-10H2/t13-,14-/m0/s1. The van der Waals surface area contributed by atoms with E-state index in [0.717, 1.165) is 12.0 Å². The van der Waals surface area contributed by atoms with Crippen molar-refractivity contribution in [3.8, 4) is 0 Å². The van der Waals surface area contributed by atoms with Crippen molar-refractivity contribution in [3.05, 3.63) is 59.5 Å². The fraction of sp³-hybridized carbons (Fsp3) is 0.286.